The minimum atomic E-state index is -0.889. The molecule has 110 valence electrons. The van der Waals surface area contributed by atoms with Crippen molar-refractivity contribution in [2.45, 2.75) is 18.8 Å². The molecule has 1 N–H and O–H groups in total. The van der Waals surface area contributed by atoms with E-state index in [2.05, 4.69) is 4.98 Å². The number of aromatic carboxylic acids is 1. The Morgan fingerprint density at radius 3 is 2.86 bits per heavy atom. The fourth-order valence-electron chi connectivity index (χ4n) is 2.18. The van der Waals surface area contributed by atoms with Crippen molar-refractivity contribution in [3.8, 4) is 5.75 Å². The van der Waals surface area contributed by atoms with E-state index in [1.165, 1.54) is 11.3 Å². The van der Waals surface area contributed by atoms with Gasteiger partial charge in [-0.2, -0.15) is 0 Å². The average molecular weight is 304 g/mol. The lowest BCUT2D eigenvalue weighted by atomic mass is 10.2. The summed E-state index contributed by atoms with van der Waals surface area (Å²) >= 11 is 1.23. The molecule has 0 aliphatic heterocycles. The zero-order chi connectivity index (χ0) is 15.0. The van der Waals surface area contributed by atoms with Gasteiger partial charge in [0.25, 0.3) is 0 Å². The van der Waals surface area contributed by atoms with Crippen LogP contribution in [0.15, 0.2) is 24.3 Å². The molecule has 0 radical (unpaired) electrons. The highest BCUT2D eigenvalue weighted by Crippen LogP contribution is 2.44. The van der Waals surface area contributed by atoms with Gasteiger partial charge in [0.2, 0.25) is 0 Å². The van der Waals surface area contributed by atoms with Gasteiger partial charge < -0.3 is 14.7 Å². The molecule has 1 fully saturated rings. The zero-order valence-electron chi connectivity index (χ0n) is 11.9. The molecule has 1 saturated carbocycles. The molecule has 1 aliphatic carbocycles. The Kier molecular flexibility index (Phi) is 3.55. The lowest BCUT2D eigenvalue weighted by Gasteiger charge is -2.16. The van der Waals surface area contributed by atoms with Crippen molar-refractivity contribution < 1.29 is 14.6 Å². The topological polar surface area (TPSA) is 62.7 Å². The van der Waals surface area contributed by atoms with Gasteiger partial charge >= 0.3 is 5.97 Å². The van der Waals surface area contributed by atoms with Crippen molar-refractivity contribution in [1.82, 2.24) is 4.98 Å². The standard InChI is InChI=1S/C15H16N2O3S/c1-17(10-4-3-5-11(8-10)20-2)15-16-12(9-6-7-9)13(21-15)14(18)19/h3-5,8-9H,6-7H2,1-2H3,(H,18,19). The molecule has 1 aromatic carbocycles. The molecule has 0 unspecified atom stereocenters. The van der Waals surface area contributed by atoms with E-state index >= 15 is 0 Å². The quantitative estimate of drug-likeness (QED) is 0.916. The summed E-state index contributed by atoms with van der Waals surface area (Å²) in [6, 6.07) is 7.62. The highest BCUT2D eigenvalue weighted by molar-refractivity contribution is 7.17. The van der Waals surface area contributed by atoms with Crippen LogP contribution in [-0.2, 0) is 0 Å². The van der Waals surface area contributed by atoms with E-state index < -0.39 is 5.97 Å². The molecule has 0 amide bonds. The van der Waals surface area contributed by atoms with Crippen molar-refractivity contribution in [2.24, 2.45) is 0 Å². The molecule has 1 aliphatic rings. The molecule has 1 aromatic heterocycles. The first-order valence-electron chi connectivity index (χ1n) is 6.72. The van der Waals surface area contributed by atoms with Crippen LogP contribution >= 0.6 is 11.3 Å². The van der Waals surface area contributed by atoms with Gasteiger partial charge in [0.15, 0.2) is 5.13 Å². The number of carboxylic acids is 1. The summed E-state index contributed by atoms with van der Waals surface area (Å²) < 4.78 is 5.22. The van der Waals surface area contributed by atoms with Crippen molar-refractivity contribution in [2.75, 3.05) is 19.1 Å². The largest absolute Gasteiger partial charge is 0.497 e. The Morgan fingerprint density at radius 2 is 2.24 bits per heavy atom. The van der Waals surface area contributed by atoms with Crippen LogP contribution in [0.1, 0.15) is 34.1 Å². The Hall–Kier alpha value is -2.08. The second kappa shape index (κ2) is 5.37. The van der Waals surface area contributed by atoms with Crippen LogP contribution in [-0.4, -0.2) is 30.2 Å². The average Bonchev–Trinajstić information content (AvgIpc) is 3.24. The van der Waals surface area contributed by atoms with Gasteiger partial charge in [0, 0.05) is 24.7 Å². The monoisotopic (exact) mass is 304 g/mol. The third-order valence-corrected chi connectivity index (χ3v) is 4.66. The highest BCUT2D eigenvalue weighted by Gasteiger charge is 2.32. The second-order valence-electron chi connectivity index (χ2n) is 5.05. The summed E-state index contributed by atoms with van der Waals surface area (Å²) in [5, 5.41) is 10.0. The lowest BCUT2D eigenvalue weighted by molar-refractivity contribution is 0.0700. The Morgan fingerprint density at radius 1 is 1.48 bits per heavy atom. The van der Waals surface area contributed by atoms with E-state index in [0.29, 0.717) is 15.9 Å². The normalized spacial score (nSPS) is 14.0. The minimum absolute atomic E-state index is 0.319. The number of ether oxygens (including phenoxy) is 1. The molecule has 2 aromatic rings. The van der Waals surface area contributed by atoms with E-state index in [1.54, 1.807) is 7.11 Å². The first kappa shape index (κ1) is 13.9. The number of nitrogens with zero attached hydrogens (tertiary/aromatic N) is 2. The molecule has 0 saturated heterocycles. The number of aromatic nitrogens is 1. The summed E-state index contributed by atoms with van der Waals surface area (Å²) in [5.74, 6) is 0.191. The second-order valence-corrected chi connectivity index (χ2v) is 6.03. The molecule has 21 heavy (non-hydrogen) atoms. The number of rotatable bonds is 5. The number of benzene rings is 1. The van der Waals surface area contributed by atoms with E-state index in [0.717, 1.165) is 30.0 Å². The molecule has 0 spiro atoms. The summed E-state index contributed by atoms with van der Waals surface area (Å²) in [5.41, 5.74) is 1.65. The molecular weight excluding hydrogens is 288 g/mol. The predicted molar refractivity (Wildman–Crippen MR) is 82.1 cm³/mol. The number of carbonyl (C=O) groups is 1. The number of carboxylic acid groups (broad SMARTS) is 1. The molecule has 3 rings (SSSR count). The van der Waals surface area contributed by atoms with Crippen LogP contribution in [0.25, 0.3) is 0 Å². The van der Waals surface area contributed by atoms with Gasteiger partial charge in [0.1, 0.15) is 10.6 Å². The van der Waals surface area contributed by atoms with Gasteiger partial charge in [-0.15, -0.1) is 0 Å². The van der Waals surface area contributed by atoms with Crippen LogP contribution in [0.4, 0.5) is 10.8 Å². The summed E-state index contributed by atoms with van der Waals surface area (Å²) in [4.78, 5) is 18.2. The molecule has 5 nitrogen and oxygen atoms in total. The van der Waals surface area contributed by atoms with Gasteiger partial charge in [-0.25, -0.2) is 9.78 Å². The van der Waals surface area contributed by atoms with Crippen molar-refractivity contribution in [3.05, 3.63) is 34.8 Å². The number of anilines is 2. The van der Waals surface area contributed by atoms with Crippen LogP contribution in [0.5, 0.6) is 5.75 Å². The first-order chi connectivity index (χ1) is 10.1. The summed E-state index contributed by atoms with van der Waals surface area (Å²) in [6.07, 6.45) is 2.07. The summed E-state index contributed by atoms with van der Waals surface area (Å²) in [7, 11) is 3.51. The van der Waals surface area contributed by atoms with Gasteiger partial charge in [0.05, 0.1) is 12.8 Å². The Labute approximate surface area is 126 Å². The van der Waals surface area contributed by atoms with Gasteiger partial charge in [-0.1, -0.05) is 17.4 Å². The maximum atomic E-state index is 11.4. The number of methoxy groups -OCH3 is 1. The van der Waals surface area contributed by atoms with E-state index in [4.69, 9.17) is 4.74 Å². The van der Waals surface area contributed by atoms with E-state index in [1.807, 2.05) is 36.2 Å². The number of thiazole rings is 1. The first-order valence-corrected chi connectivity index (χ1v) is 7.53. The Balaban J connectivity index is 1.95. The van der Waals surface area contributed by atoms with Crippen LogP contribution in [0, 0.1) is 0 Å². The van der Waals surface area contributed by atoms with Crippen molar-refractivity contribution >= 4 is 28.1 Å². The number of hydrogen-bond acceptors (Lipinski definition) is 5. The van der Waals surface area contributed by atoms with E-state index in [-0.39, 0.29) is 0 Å². The molecule has 0 atom stereocenters. The van der Waals surface area contributed by atoms with Crippen molar-refractivity contribution in [1.29, 1.82) is 0 Å². The van der Waals surface area contributed by atoms with Crippen molar-refractivity contribution in [3.63, 3.8) is 0 Å². The smallest absolute Gasteiger partial charge is 0.347 e. The maximum absolute atomic E-state index is 11.4. The van der Waals surface area contributed by atoms with Crippen LogP contribution in [0.2, 0.25) is 0 Å². The minimum Gasteiger partial charge on any atom is -0.497 e. The van der Waals surface area contributed by atoms with Gasteiger partial charge in [-0.05, 0) is 25.0 Å². The third kappa shape index (κ3) is 2.71. The SMILES string of the molecule is COc1cccc(N(C)c2nc(C3CC3)c(C(=O)O)s2)c1. The molecular formula is C15H16N2O3S. The van der Waals surface area contributed by atoms with Crippen LogP contribution in [0.3, 0.4) is 0 Å². The Bertz CT molecular complexity index is 679. The fourth-order valence-corrected chi connectivity index (χ4v) is 3.15. The van der Waals surface area contributed by atoms with Crippen LogP contribution < -0.4 is 9.64 Å². The van der Waals surface area contributed by atoms with E-state index in [9.17, 15) is 9.90 Å². The highest BCUT2D eigenvalue weighted by atomic mass is 32.1. The molecule has 0 bridgehead atoms. The molecule has 6 heteroatoms. The summed E-state index contributed by atoms with van der Waals surface area (Å²) in [6.45, 7) is 0. The number of hydrogen-bond donors (Lipinski definition) is 1. The van der Waals surface area contributed by atoms with Gasteiger partial charge in [-0.3, -0.25) is 0 Å². The third-order valence-electron chi connectivity index (χ3n) is 3.53. The zero-order valence-corrected chi connectivity index (χ0v) is 12.7. The lowest BCUT2D eigenvalue weighted by Crippen LogP contribution is -2.09. The predicted octanol–water partition coefficient (Wildman–Crippen LogP) is 3.50. The fraction of sp³-hybridized carbons (Fsp3) is 0.333. The molecule has 1 heterocycles. The maximum Gasteiger partial charge on any atom is 0.347 e.